The maximum atomic E-state index is 5.71. The van der Waals surface area contributed by atoms with Crippen LogP contribution < -0.4 is 5.32 Å². The summed E-state index contributed by atoms with van der Waals surface area (Å²) in [5.74, 6) is 0. The van der Waals surface area contributed by atoms with Crippen LogP contribution in [0.2, 0.25) is 5.15 Å². The summed E-state index contributed by atoms with van der Waals surface area (Å²) in [4.78, 5) is 3.85. The van der Waals surface area contributed by atoms with E-state index in [2.05, 4.69) is 16.4 Å². The maximum absolute atomic E-state index is 5.71. The molecule has 0 atom stereocenters. The van der Waals surface area contributed by atoms with E-state index in [-0.39, 0.29) is 0 Å². The summed E-state index contributed by atoms with van der Waals surface area (Å²) < 4.78 is 0. The zero-order valence-electron chi connectivity index (χ0n) is 5.69. The minimum atomic E-state index is 0.501. The van der Waals surface area contributed by atoms with Gasteiger partial charge >= 0.3 is 0 Å². The van der Waals surface area contributed by atoms with Crippen molar-refractivity contribution >= 4 is 17.3 Å². The Kier molecular flexibility index (Phi) is 2.51. The lowest BCUT2D eigenvalue weighted by Crippen LogP contribution is -1.97. The Morgan fingerprint density at radius 1 is 1.80 bits per heavy atom. The molecule has 1 N–H and O–H groups in total. The maximum Gasteiger partial charge on any atom is 0.152 e. The Labute approximate surface area is 65.2 Å². The van der Waals surface area contributed by atoms with Gasteiger partial charge in [0.15, 0.2) is 5.15 Å². The number of hydrogen-bond acceptors (Lipinski definition) is 2. The Bertz CT molecular complexity index is 213. The molecule has 1 aromatic heterocycles. The van der Waals surface area contributed by atoms with E-state index in [1.54, 1.807) is 12.3 Å². The van der Waals surface area contributed by atoms with Gasteiger partial charge in [-0.3, -0.25) is 0 Å². The number of rotatable bonds is 2. The lowest BCUT2D eigenvalue weighted by atomic mass is 10.4. The Morgan fingerprint density at radius 2 is 2.60 bits per heavy atom. The summed E-state index contributed by atoms with van der Waals surface area (Å²) in [5, 5.41) is 3.55. The van der Waals surface area contributed by atoms with Crippen LogP contribution in [0.25, 0.3) is 0 Å². The molecular formula is C7H8ClN2. The van der Waals surface area contributed by atoms with Gasteiger partial charge in [-0.1, -0.05) is 11.6 Å². The van der Waals surface area contributed by atoms with Gasteiger partial charge in [-0.2, -0.15) is 0 Å². The van der Waals surface area contributed by atoms with Gasteiger partial charge in [-0.25, -0.2) is 4.98 Å². The normalized spacial score (nSPS) is 9.40. The van der Waals surface area contributed by atoms with Crippen molar-refractivity contribution in [1.29, 1.82) is 0 Å². The first kappa shape index (κ1) is 7.35. The van der Waals surface area contributed by atoms with Gasteiger partial charge in [0, 0.05) is 18.8 Å². The summed E-state index contributed by atoms with van der Waals surface area (Å²) in [6.45, 7) is 2.85. The zero-order valence-corrected chi connectivity index (χ0v) is 6.44. The van der Waals surface area contributed by atoms with Crippen molar-refractivity contribution in [3.05, 3.63) is 23.5 Å². The highest BCUT2D eigenvalue weighted by Gasteiger charge is 1.95. The van der Waals surface area contributed by atoms with Crippen LogP contribution in [-0.4, -0.2) is 11.5 Å². The number of aromatic nitrogens is 1. The van der Waals surface area contributed by atoms with Crippen LogP contribution in [0.3, 0.4) is 0 Å². The lowest BCUT2D eigenvalue weighted by Gasteiger charge is -2.01. The predicted molar refractivity (Wildman–Crippen MR) is 42.2 cm³/mol. The van der Waals surface area contributed by atoms with Crippen molar-refractivity contribution < 1.29 is 0 Å². The van der Waals surface area contributed by atoms with E-state index in [0.29, 0.717) is 5.15 Å². The van der Waals surface area contributed by atoms with Crippen molar-refractivity contribution in [3.63, 3.8) is 0 Å². The van der Waals surface area contributed by atoms with E-state index in [1.165, 1.54) is 0 Å². The molecule has 0 unspecified atom stereocenters. The van der Waals surface area contributed by atoms with E-state index in [4.69, 9.17) is 11.6 Å². The van der Waals surface area contributed by atoms with Gasteiger partial charge in [0.1, 0.15) is 0 Å². The molecule has 0 spiro atoms. The molecule has 1 rings (SSSR count). The third-order valence-corrected chi connectivity index (χ3v) is 1.37. The second-order valence-electron chi connectivity index (χ2n) is 1.80. The smallest absolute Gasteiger partial charge is 0.152 e. The van der Waals surface area contributed by atoms with Crippen LogP contribution in [0.1, 0.15) is 6.92 Å². The van der Waals surface area contributed by atoms with Crippen LogP contribution in [0.15, 0.2) is 12.3 Å². The fraction of sp³-hybridized carbons (Fsp3) is 0.286. The molecule has 3 heteroatoms. The molecule has 0 aromatic carbocycles. The number of hydrogen-bond donors (Lipinski definition) is 1. The fourth-order valence-electron chi connectivity index (χ4n) is 0.658. The number of nitrogens with one attached hydrogen (secondary N) is 1. The average Bonchev–Trinajstić information content (AvgIpc) is 1.94. The summed E-state index contributed by atoms with van der Waals surface area (Å²) >= 11 is 5.71. The summed E-state index contributed by atoms with van der Waals surface area (Å²) in [7, 11) is 0. The molecule has 0 fully saturated rings. The first-order valence-corrected chi connectivity index (χ1v) is 3.48. The highest BCUT2D eigenvalue weighted by Crippen LogP contribution is 2.16. The molecule has 1 aromatic rings. The van der Waals surface area contributed by atoms with Gasteiger partial charge < -0.3 is 5.32 Å². The highest BCUT2D eigenvalue weighted by atomic mass is 35.5. The Morgan fingerprint density at radius 3 is 3.20 bits per heavy atom. The monoisotopic (exact) mass is 155 g/mol. The molecule has 1 radical (unpaired) electrons. The predicted octanol–water partition coefficient (Wildman–Crippen LogP) is 1.97. The van der Waals surface area contributed by atoms with Crippen molar-refractivity contribution in [1.82, 2.24) is 4.98 Å². The van der Waals surface area contributed by atoms with Crippen molar-refractivity contribution in [2.75, 3.05) is 11.9 Å². The minimum Gasteiger partial charge on any atom is -0.383 e. The fourth-order valence-corrected chi connectivity index (χ4v) is 0.828. The summed E-state index contributed by atoms with van der Waals surface area (Å²) in [6.07, 6.45) is 1.54. The average molecular weight is 156 g/mol. The van der Waals surface area contributed by atoms with E-state index >= 15 is 0 Å². The highest BCUT2D eigenvalue weighted by molar-refractivity contribution is 6.31. The lowest BCUT2D eigenvalue weighted by molar-refractivity contribution is 1.19. The van der Waals surface area contributed by atoms with E-state index in [9.17, 15) is 0 Å². The summed E-state index contributed by atoms with van der Waals surface area (Å²) in [6, 6.07) is 4.61. The molecular weight excluding hydrogens is 148 g/mol. The SMILES string of the molecule is CCNc1c[c]cnc1Cl. The molecule has 2 nitrogen and oxygen atoms in total. The first-order chi connectivity index (χ1) is 4.84. The number of nitrogens with zero attached hydrogens (tertiary/aromatic N) is 1. The molecule has 1 heterocycles. The van der Waals surface area contributed by atoms with Crippen LogP contribution in [-0.2, 0) is 0 Å². The molecule has 53 valence electrons. The van der Waals surface area contributed by atoms with Gasteiger partial charge in [0.25, 0.3) is 0 Å². The Balaban J connectivity index is 2.81. The molecule has 0 saturated carbocycles. The van der Waals surface area contributed by atoms with Crippen LogP contribution in [0, 0.1) is 6.07 Å². The third kappa shape index (κ3) is 1.61. The first-order valence-electron chi connectivity index (χ1n) is 3.10. The van der Waals surface area contributed by atoms with Crippen molar-refractivity contribution in [2.24, 2.45) is 0 Å². The second kappa shape index (κ2) is 3.42. The van der Waals surface area contributed by atoms with E-state index in [0.717, 1.165) is 12.2 Å². The van der Waals surface area contributed by atoms with Crippen LogP contribution in [0.5, 0.6) is 0 Å². The van der Waals surface area contributed by atoms with Gasteiger partial charge in [0.05, 0.1) is 5.69 Å². The summed E-state index contributed by atoms with van der Waals surface area (Å²) in [5.41, 5.74) is 0.840. The number of pyridine rings is 1. The quantitative estimate of drug-likeness (QED) is 0.661. The molecule has 0 amide bonds. The molecule has 10 heavy (non-hydrogen) atoms. The molecule has 0 aliphatic rings. The second-order valence-corrected chi connectivity index (χ2v) is 2.16. The number of anilines is 1. The molecule has 0 aliphatic heterocycles. The molecule has 0 saturated heterocycles. The van der Waals surface area contributed by atoms with Crippen LogP contribution >= 0.6 is 11.6 Å². The van der Waals surface area contributed by atoms with E-state index in [1.807, 2.05) is 6.92 Å². The zero-order chi connectivity index (χ0) is 7.40. The van der Waals surface area contributed by atoms with Gasteiger partial charge in [-0.05, 0) is 13.0 Å². The van der Waals surface area contributed by atoms with Crippen molar-refractivity contribution in [3.8, 4) is 0 Å². The van der Waals surface area contributed by atoms with E-state index < -0.39 is 0 Å². The van der Waals surface area contributed by atoms with Crippen LogP contribution in [0.4, 0.5) is 5.69 Å². The van der Waals surface area contributed by atoms with Gasteiger partial charge in [-0.15, -0.1) is 0 Å². The Hall–Kier alpha value is -0.760. The standard InChI is InChI=1S/C7H8ClN2/c1-2-9-6-4-3-5-10-7(6)8/h4-5,9H,2H2,1H3. The number of halogens is 1. The largest absolute Gasteiger partial charge is 0.383 e. The van der Waals surface area contributed by atoms with Crippen molar-refractivity contribution in [2.45, 2.75) is 6.92 Å². The topological polar surface area (TPSA) is 24.9 Å². The minimum absolute atomic E-state index is 0.501. The van der Waals surface area contributed by atoms with Gasteiger partial charge in [0.2, 0.25) is 0 Å². The molecule has 0 aliphatic carbocycles. The third-order valence-electron chi connectivity index (χ3n) is 1.07. The molecule has 0 bridgehead atoms.